The molecule has 0 saturated carbocycles. The van der Waals surface area contributed by atoms with E-state index in [1.54, 1.807) is 13.0 Å². The van der Waals surface area contributed by atoms with Gasteiger partial charge in [0.15, 0.2) is 5.78 Å². The van der Waals surface area contributed by atoms with Crippen molar-refractivity contribution in [2.75, 3.05) is 19.8 Å². The van der Waals surface area contributed by atoms with Crippen molar-refractivity contribution < 1.29 is 18.1 Å². The van der Waals surface area contributed by atoms with Crippen LogP contribution in [-0.4, -0.2) is 35.1 Å². The number of allylic oxidation sites excluding steroid dienone is 2. The monoisotopic (exact) mass is 262 g/mol. The topological polar surface area (TPSA) is 44.8 Å². The molecule has 0 spiro atoms. The maximum absolute atomic E-state index is 10.2. The van der Waals surface area contributed by atoms with Gasteiger partial charge in [-0.3, -0.25) is 4.79 Å². The summed E-state index contributed by atoms with van der Waals surface area (Å²) in [5.41, 5.74) is 1.06. The van der Waals surface area contributed by atoms with Crippen LogP contribution in [0.25, 0.3) is 0 Å². The first-order valence-electron chi connectivity index (χ1n) is 5.98. The van der Waals surface area contributed by atoms with Crippen LogP contribution in [-0.2, 0) is 18.1 Å². The molecule has 0 unspecified atom stereocenters. The van der Waals surface area contributed by atoms with E-state index >= 15 is 0 Å². The average molecular weight is 262 g/mol. The van der Waals surface area contributed by atoms with Crippen molar-refractivity contribution in [2.24, 2.45) is 0 Å². The first-order valence-corrected chi connectivity index (χ1v) is 7.39. The van der Waals surface area contributed by atoms with Crippen LogP contribution in [0.5, 0.6) is 0 Å². The molecule has 0 saturated heterocycles. The Morgan fingerprint density at radius 2 is 1.29 bits per heavy atom. The minimum atomic E-state index is -1.73. The lowest BCUT2D eigenvalue weighted by molar-refractivity contribution is -0.112. The molecule has 0 bridgehead atoms. The van der Waals surface area contributed by atoms with E-state index in [2.05, 4.69) is 0 Å². The van der Waals surface area contributed by atoms with Crippen molar-refractivity contribution in [2.45, 2.75) is 41.5 Å². The molecule has 0 rings (SSSR count). The smallest absolute Gasteiger partial charge is 0.376 e. The molecule has 0 amide bonds. The SMILES string of the molecule is CC(=O)C=C(C)C.CCO[SiH](OCC)OCC. The van der Waals surface area contributed by atoms with Crippen molar-refractivity contribution in [3.05, 3.63) is 11.6 Å². The first kappa shape index (κ1) is 18.9. The molecular formula is C12H26O4Si. The summed E-state index contributed by atoms with van der Waals surface area (Å²) < 4.78 is 15.7. The van der Waals surface area contributed by atoms with E-state index in [1.165, 1.54) is 0 Å². The molecule has 17 heavy (non-hydrogen) atoms. The number of rotatable bonds is 7. The third kappa shape index (κ3) is 18.1. The summed E-state index contributed by atoms with van der Waals surface area (Å²) in [5, 5.41) is 0. The second-order valence-electron chi connectivity index (χ2n) is 3.49. The molecule has 5 heteroatoms. The molecule has 0 heterocycles. The molecule has 0 radical (unpaired) electrons. The van der Waals surface area contributed by atoms with E-state index in [-0.39, 0.29) is 5.78 Å². The summed E-state index contributed by atoms with van der Waals surface area (Å²) >= 11 is 0. The predicted octanol–water partition coefficient (Wildman–Crippen LogP) is 2.35. The molecule has 0 atom stereocenters. The van der Waals surface area contributed by atoms with Crippen LogP contribution >= 0.6 is 0 Å². The maximum Gasteiger partial charge on any atom is 0.484 e. The number of hydrogen-bond acceptors (Lipinski definition) is 4. The Hall–Kier alpha value is -0.493. The second kappa shape index (κ2) is 13.6. The highest BCUT2D eigenvalue weighted by Crippen LogP contribution is 1.91. The minimum Gasteiger partial charge on any atom is -0.376 e. The fraction of sp³-hybridized carbons (Fsp3) is 0.750. The van der Waals surface area contributed by atoms with Crippen molar-refractivity contribution in [3.63, 3.8) is 0 Å². The minimum absolute atomic E-state index is 0.125. The highest BCUT2D eigenvalue weighted by Gasteiger charge is 2.11. The van der Waals surface area contributed by atoms with E-state index < -0.39 is 9.53 Å². The van der Waals surface area contributed by atoms with Gasteiger partial charge in [0.05, 0.1) is 0 Å². The van der Waals surface area contributed by atoms with Gasteiger partial charge < -0.3 is 13.3 Å². The van der Waals surface area contributed by atoms with Gasteiger partial charge in [-0.15, -0.1) is 0 Å². The standard InChI is InChI=1S/C6H16O3Si.C6H10O/c1-4-7-10(8-5-2)9-6-3;1-5(2)4-6(3)7/h10H,4-6H2,1-3H3;4H,1-3H3. The van der Waals surface area contributed by atoms with Gasteiger partial charge in [-0.05, 0) is 47.6 Å². The van der Waals surface area contributed by atoms with Crippen LogP contribution < -0.4 is 0 Å². The van der Waals surface area contributed by atoms with Gasteiger partial charge in [0.25, 0.3) is 0 Å². The van der Waals surface area contributed by atoms with Gasteiger partial charge in [0.2, 0.25) is 0 Å². The highest BCUT2D eigenvalue weighted by atomic mass is 28.3. The Balaban J connectivity index is 0. The lowest BCUT2D eigenvalue weighted by Crippen LogP contribution is -2.27. The van der Waals surface area contributed by atoms with Gasteiger partial charge in [-0.25, -0.2) is 0 Å². The maximum atomic E-state index is 10.2. The van der Waals surface area contributed by atoms with Gasteiger partial charge >= 0.3 is 9.53 Å². The highest BCUT2D eigenvalue weighted by molar-refractivity contribution is 6.36. The molecule has 0 fully saturated rings. The van der Waals surface area contributed by atoms with Crippen LogP contribution in [0.2, 0.25) is 0 Å². The van der Waals surface area contributed by atoms with Gasteiger partial charge in [-0.1, -0.05) is 5.57 Å². The number of carbonyl (C=O) groups excluding carboxylic acids is 1. The Kier molecular flexibility index (Phi) is 15.1. The van der Waals surface area contributed by atoms with Crippen molar-refractivity contribution >= 4 is 15.3 Å². The Morgan fingerprint density at radius 1 is 0.941 bits per heavy atom. The van der Waals surface area contributed by atoms with Crippen molar-refractivity contribution in [1.82, 2.24) is 0 Å². The lowest BCUT2D eigenvalue weighted by Gasteiger charge is -2.12. The Labute approximate surface area is 107 Å². The molecule has 0 N–H and O–H groups in total. The van der Waals surface area contributed by atoms with E-state index in [0.717, 1.165) is 5.57 Å². The summed E-state index contributed by atoms with van der Waals surface area (Å²) in [6.07, 6.45) is 1.61. The molecular weight excluding hydrogens is 236 g/mol. The van der Waals surface area contributed by atoms with Crippen molar-refractivity contribution in [3.8, 4) is 0 Å². The average Bonchev–Trinajstić information content (AvgIpc) is 2.17. The molecule has 0 aromatic carbocycles. The predicted molar refractivity (Wildman–Crippen MR) is 72.1 cm³/mol. The van der Waals surface area contributed by atoms with Crippen molar-refractivity contribution in [1.29, 1.82) is 0 Å². The zero-order chi connectivity index (χ0) is 13.7. The summed E-state index contributed by atoms with van der Waals surface area (Å²) in [6.45, 7) is 13.2. The molecule has 0 aromatic heterocycles. The van der Waals surface area contributed by atoms with Gasteiger partial charge in [0, 0.05) is 19.8 Å². The third-order valence-electron chi connectivity index (χ3n) is 1.40. The van der Waals surface area contributed by atoms with Crippen LogP contribution in [0, 0.1) is 0 Å². The fourth-order valence-corrected chi connectivity index (χ4v) is 2.06. The van der Waals surface area contributed by atoms with Gasteiger partial charge in [0.1, 0.15) is 0 Å². The van der Waals surface area contributed by atoms with E-state index in [0.29, 0.717) is 19.8 Å². The number of carbonyl (C=O) groups is 1. The normalized spacial score (nSPS) is 9.59. The number of hydrogen-bond donors (Lipinski definition) is 0. The zero-order valence-electron chi connectivity index (χ0n) is 11.9. The summed E-state index contributed by atoms with van der Waals surface area (Å²) in [4.78, 5) is 10.2. The van der Waals surface area contributed by atoms with Crippen LogP contribution in [0.1, 0.15) is 41.5 Å². The van der Waals surface area contributed by atoms with Crippen LogP contribution in [0.15, 0.2) is 11.6 Å². The first-order chi connectivity index (χ1) is 7.97. The van der Waals surface area contributed by atoms with Crippen LogP contribution in [0.4, 0.5) is 0 Å². The molecule has 4 nitrogen and oxygen atoms in total. The molecule has 102 valence electrons. The van der Waals surface area contributed by atoms with Crippen LogP contribution in [0.3, 0.4) is 0 Å². The molecule has 0 aromatic rings. The largest absolute Gasteiger partial charge is 0.484 e. The second-order valence-corrected chi connectivity index (χ2v) is 5.06. The van der Waals surface area contributed by atoms with E-state index in [1.807, 2.05) is 34.6 Å². The molecule has 0 aliphatic rings. The van der Waals surface area contributed by atoms with Gasteiger partial charge in [-0.2, -0.15) is 0 Å². The molecule has 0 aliphatic heterocycles. The quantitative estimate of drug-likeness (QED) is 0.522. The number of ketones is 1. The van der Waals surface area contributed by atoms with E-state index in [9.17, 15) is 4.79 Å². The lowest BCUT2D eigenvalue weighted by atomic mass is 10.3. The summed E-state index contributed by atoms with van der Waals surface area (Å²) in [5.74, 6) is 0.125. The fourth-order valence-electron chi connectivity index (χ4n) is 0.959. The Morgan fingerprint density at radius 3 is 1.41 bits per heavy atom. The zero-order valence-corrected chi connectivity index (χ0v) is 13.1. The molecule has 0 aliphatic carbocycles. The summed E-state index contributed by atoms with van der Waals surface area (Å²) in [6, 6.07) is 0. The summed E-state index contributed by atoms with van der Waals surface area (Å²) in [7, 11) is -1.73. The Bertz CT molecular complexity index is 198. The third-order valence-corrected chi connectivity index (χ3v) is 3.22. The van der Waals surface area contributed by atoms with E-state index in [4.69, 9.17) is 13.3 Å².